The molecule has 1 nitrogen and oxygen atoms in total. The highest BCUT2D eigenvalue weighted by Crippen LogP contribution is 2.49. The van der Waals surface area contributed by atoms with Gasteiger partial charge in [0.2, 0.25) is 0 Å². The van der Waals surface area contributed by atoms with Crippen molar-refractivity contribution in [2.24, 2.45) is 0 Å². The maximum atomic E-state index is 3.61. The van der Waals surface area contributed by atoms with E-state index in [9.17, 15) is 0 Å². The molecule has 0 heterocycles. The lowest BCUT2D eigenvalue weighted by atomic mass is 9.80. The van der Waals surface area contributed by atoms with Gasteiger partial charge in [0.25, 0.3) is 0 Å². The molecule has 164 valence electrons. The van der Waals surface area contributed by atoms with Gasteiger partial charge in [-0.2, -0.15) is 0 Å². The Kier molecular flexibility index (Phi) is 6.46. The predicted octanol–water partition coefficient (Wildman–Crippen LogP) is 9.16. The van der Waals surface area contributed by atoms with Crippen LogP contribution in [0.4, 0.5) is 11.4 Å². The molecule has 0 fully saturated rings. The van der Waals surface area contributed by atoms with Gasteiger partial charge in [-0.1, -0.05) is 101 Å². The summed E-state index contributed by atoms with van der Waals surface area (Å²) in [4.78, 5) is 0. The van der Waals surface area contributed by atoms with E-state index in [1.54, 1.807) is 0 Å². The fourth-order valence-electron chi connectivity index (χ4n) is 4.69. The number of rotatable bonds is 3. The van der Waals surface area contributed by atoms with Gasteiger partial charge in [-0.05, 0) is 70.5 Å². The van der Waals surface area contributed by atoms with Crippen molar-refractivity contribution in [2.45, 2.75) is 46.0 Å². The molecule has 2 aromatic carbocycles. The topological polar surface area (TPSA) is 12.0 Å². The minimum atomic E-state index is 0. The third-order valence-electron chi connectivity index (χ3n) is 6.38. The van der Waals surface area contributed by atoms with Crippen LogP contribution < -0.4 is 5.32 Å². The van der Waals surface area contributed by atoms with Crippen molar-refractivity contribution >= 4 is 22.5 Å². The average molecular weight is 422 g/mol. The number of nitrogens with one attached hydrogen (secondary N) is 1. The molecule has 32 heavy (non-hydrogen) atoms. The summed E-state index contributed by atoms with van der Waals surface area (Å²) in [6.07, 6.45) is 21.8. The molecule has 5 rings (SSSR count). The van der Waals surface area contributed by atoms with E-state index < -0.39 is 0 Å². The molecule has 0 saturated carbocycles. The van der Waals surface area contributed by atoms with E-state index >= 15 is 0 Å². The summed E-state index contributed by atoms with van der Waals surface area (Å²) in [5, 5.41) is 3.61. The van der Waals surface area contributed by atoms with Crippen LogP contribution in [-0.2, 0) is 5.41 Å². The largest absolute Gasteiger partial charge is 0.356 e. The molecule has 0 saturated heterocycles. The Morgan fingerprint density at radius 3 is 2.41 bits per heavy atom. The molecule has 0 aromatic heterocycles. The molecular formula is C31H35N. The van der Waals surface area contributed by atoms with Crippen LogP contribution in [0.1, 0.15) is 58.7 Å². The zero-order valence-corrected chi connectivity index (χ0v) is 19.7. The summed E-state index contributed by atoms with van der Waals surface area (Å²) in [6.45, 7) is 8.70. The van der Waals surface area contributed by atoms with Crippen molar-refractivity contribution in [1.29, 1.82) is 0 Å². The molecule has 3 aliphatic carbocycles. The van der Waals surface area contributed by atoms with Crippen molar-refractivity contribution in [3.05, 3.63) is 119 Å². The van der Waals surface area contributed by atoms with E-state index in [-0.39, 0.29) is 6.84 Å². The normalized spacial score (nSPS) is 17.6. The molecule has 0 aliphatic heterocycles. The lowest BCUT2D eigenvalue weighted by Gasteiger charge is -2.24. The fourth-order valence-corrected chi connectivity index (χ4v) is 4.69. The quantitative estimate of drug-likeness (QED) is 0.521. The second kappa shape index (κ2) is 9.44. The number of benzene rings is 2. The maximum Gasteiger partial charge on any atom is 0.0387 e. The summed E-state index contributed by atoms with van der Waals surface area (Å²) < 4.78 is 0. The molecule has 0 unspecified atom stereocenters. The Bertz CT molecular complexity index is 1170. The van der Waals surface area contributed by atoms with Crippen molar-refractivity contribution in [3.63, 3.8) is 0 Å². The number of anilines is 2. The first kappa shape index (κ1) is 21.9. The third kappa shape index (κ3) is 4.21. The van der Waals surface area contributed by atoms with E-state index in [1.165, 1.54) is 33.4 Å². The van der Waals surface area contributed by atoms with Crippen molar-refractivity contribution in [1.82, 2.24) is 0 Å². The first-order valence-electron chi connectivity index (χ1n) is 11.8. The van der Waals surface area contributed by atoms with E-state index in [2.05, 4.69) is 116 Å². The molecule has 0 bridgehead atoms. The van der Waals surface area contributed by atoms with Crippen LogP contribution in [0.15, 0.2) is 103 Å². The molecule has 0 spiro atoms. The van der Waals surface area contributed by atoms with Crippen LogP contribution in [0.25, 0.3) is 11.1 Å². The van der Waals surface area contributed by atoms with Crippen molar-refractivity contribution in [3.8, 4) is 0 Å². The predicted molar refractivity (Wildman–Crippen MR) is 143 cm³/mol. The Morgan fingerprint density at radius 2 is 1.59 bits per heavy atom. The summed E-state index contributed by atoms with van der Waals surface area (Å²) >= 11 is 0. The summed E-state index contributed by atoms with van der Waals surface area (Å²) in [5.74, 6) is 0. The standard InChI is InChI=1S/C29H27N.C2H6.H2/c1-29(2)27-13-9-5-8-12-25(27)26-19-18-24(20-28(26)29)30-23-16-14-22(15-17-23)21-10-6-3-4-7-11-21;1-2;/h3,5-12,14-20,30H,4,13H2,1-2H3;1-2H3;1H. The number of fused-ring (bicyclic) bond motifs is 2. The first-order chi connectivity index (χ1) is 15.6. The molecule has 0 radical (unpaired) electrons. The molecule has 0 amide bonds. The van der Waals surface area contributed by atoms with Gasteiger partial charge in [0.15, 0.2) is 0 Å². The Hall–Kier alpha value is -3.32. The van der Waals surface area contributed by atoms with Crippen LogP contribution >= 0.6 is 0 Å². The van der Waals surface area contributed by atoms with Gasteiger partial charge < -0.3 is 5.32 Å². The van der Waals surface area contributed by atoms with Gasteiger partial charge in [0.1, 0.15) is 0 Å². The summed E-state index contributed by atoms with van der Waals surface area (Å²) in [5.41, 5.74) is 10.5. The molecule has 0 atom stereocenters. The Labute approximate surface area is 194 Å². The summed E-state index contributed by atoms with van der Waals surface area (Å²) in [6, 6.07) is 15.5. The van der Waals surface area contributed by atoms with Gasteiger partial charge in [-0.3, -0.25) is 0 Å². The Balaban J connectivity index is 0.000000994. The average Bonchev–Trinajstić information content (AvgIpc) is 3.15. The second-order valence-electron chi connectivity index (χ2n) is 8.66. The Morgan fingerprint density at radius 1 is 0.812 bits per heavy atom. The molecule has 1 N–H and O–H groups in total. The van der Waals surface area contributed by atoms with Crippen LogP contribution in [0.3, 0.4) is 0 Å². The number of allylic oxidation sites excluding steroid dienone is 12. The maximum absolute atomic E-state index is 3.61. The second-order valence-corrected chi connectivity index (χ2v) is 8.66. The lowest BCUT2D eigenvalue weighted by Crippen LogP contribution is -2.17. The smallest absolute Gasteiger partial charge is 0.0387 e. The zero-order chi connectivity index (χ0) is 22.6. The SMILES string of the molecule is CC.CC1(C)C2=C(C=CC=CC2)c2ccc(Nc3ccc(C4=CC=CCC=C4)cc3)cc21.[HH]. The van der Waals surface area contributed by atoms with Crippen LogP contribution in [0.5, 0.6) is 0 Å². The van der Waals surface area contributed by atoms with E-state index in [0.717, 1.165) is 24.2 Å². The highest BCUT2D eigenvalue weighted by atomic mass is 14.9. The van der Waals surface area contributed by atoms with Crippen molar-refractivity contribution < 1.29 is 1.43 Å². The number of hydrogen-bond donors (Lipinski definition) is 1. The van der Waals surface area contributed by atoms with Gasteiger partial charge in [0, 0.05) is 18.2 Å². The molecule has 2 aromatic rings. The van der Waals surface area contributed by atoms with E-state index in [4.69, 9.17) is 0 Å². The molecule has 3 aliphatic rings. The minimum Gasteiger partial charge on any atom is -0.356 e. The minimum absolute atomic E-state index is 0. The van der Waals surface area contributed by atoms with Gasteiger partial charge in [-0.25, -0.2) is 0 Å². The van der Waals surface area contributed by atoms with Crippen molar-refractivity contribution in [2.75, 3.05) is 5.32 Å². The fraction of sp³-hybridized carbons (Fsp3) is 0.226. The molecule has 1 heteroatoms. The van der Waals surface area contributed by atoms with Gasteiger partial charge in [0.05, 0.1) is 0 Å². The van der Waals surface area contributed by atoms with Gasteiger partial charge >= 0.3 is 0 Å². The highest BCUT2D eigenvalue weighted by Gasteiger charge is 2.36. The molecular weight excluding hydrogens is 386 g/mol. The zero-order valence-electron chi connectivity index (χ0n) is 19.7. The third-order valence-corrected chi connectivity index (χ3v) is 6.38. The van der Waals surface area contributed by atoms with Gasteiger partial charge in [-0.15, -0.1) is 0 Å². The summed E-state index contributed by atoms with van der Waals surface area (Å²) in [7, 11) is 0. The van der Waals surface area contributed by atoms with E-state index in [1.807, 2.05) is 13.8 Å². The van der Waals surface area contributed by atoms with Crippen LogP contribution in [0.2, 0.25) is 0 Å². The lowest BCUT2D eigenvalue weighted by molar-refractivity contribution is 0.626. The highest BCUT2D eigenvalue weighted by molar-refractivity contribution is 5.88. The number of hydrogen-bond acceptors (Lipinski definition) is 1. The van der Waals surface area contributed by atoms with E-state index in [0.29, 0.717) is 0 Å². The van der Waals surface area contributed by atoms with Crippen LogP contribution in [0, 0.1) is 0 Å². The van der Waals surface area contributed by atoms with Crippen LogP contribution in [-0.4, -0.2) is 0 Å². The monoisotopic (exact) mass is 421 g/mol. The first-order valence-corrected chi connectivity index (χ1v) is 11.8.